The third-order valence-electron chi connectivity index (χ3n) is 5.20. The highest BCUT2D eigenvalue weighted by molar-refractivity contribution is 7.18. The highest BCUT2D eigenvalue weighted by Crippen LogP contribution is 2.29. The van der Waals surface area contributed by atoms with E-state index in [2.05, 4.69) is 20.8 Å². The number of carbonyl (C=O) groups is 2. The molecule has 1 fully saturated rings. The molecule has 1 aliphatic heterocycles. The fourth-order valence-electron chi connectivity index (χ4n) is 3.50. The first-order valence-corrected chi connectivity index (χ1v) is 10.8. The maximum absolute atomic E-state index is 12.9. The SMILES string of the molecule is COc1ccc(-c2nnc(NC(=O)C3CCCN3C(=O)Nc3ccccc3C)s2)cc1. The van der Waals surface area contributed by atoms with E-state index in [1.54, 1.807) is 12.0 Å². The lowest BCUT2D eigenvalue weighted by molar-refractivity contribution is -0.119. The number of aryl methyl sites for hydroxylation is 1. The van der Waals surface area contributed by atoms with E-state index >= 15 is 0 Å². The van der Waals surface area contributed by atoms with Gasteiger partial charge >= 0.3 is 6.03 Å². The summed E-state index contributed by atoms with van der Waals surface area (Å²) in [6.45, 7) is 2.46. The van der Waals surface area contributed by atoms with Gasteiger partial charge in [-0.05, 0) is 55.7 Å². The summed E-state index contributed by atoms with van der Waals surface area (Å²) in [5.74, 6) is 0.502. The second-order valence-corrected chi connectivity index (χ2v) is 8.20. The van der Waals surface area contributed by atoms with Gasteiger partial charge in [-0.25, -0.2) is 4.79 Å². The minimum Gasteiger partial charge on any atom is -0.497 e. The number of aromatic nitrogens is 2. The molecule has 160 valence electrons. The second-order valence-electron chi connectivity index (χ2n) is 7.23. The van der Waals surface area contributed by atoms with Crippen molar-refractivity contribution in [2.75, 3.05) is 24.3 Å². The predicted molar refractivity (Wildman–Crippen MR) is 120 cm³/mol. The first-order valence-electron chi connectivity index (χ1n) is 9.97. The minimum absolute atomic E-state index is 0.255. The average Bonchev–Trinajstić information content (AvgIpc) is 3.45. The zero-order chi connectivity index (χ0) is 21.8. The molecule has 3 aromatic rings. The number of carbonyl (C=O) groups excluding carboxylic acids is 2. The molecular formula is C22H23N5O3S. The van der Waals surface area contributed by atoms with Crippen LogP contribution in [0.3, 0.4) is 0 Å². The molecule has 2 heterocycles. The molecule has 0 saturated carbocycles. The number of para-hydroxylation sites is 1. The van der Waals surface area contributed by atoms with Crippen LogP contribution in [0, 0.1) is 6.92 Å². The van der Waals surface area contributed by atoms with Crippen molar-refractivity contribution >= 4 is 34.1 Å². The number of urea groups is 1. The van der Waals surface area contributed by atoms with Gasteiger partial charge in [0.2, 0.25) is 11.0 Å². The molecule has 0 spiro atoms. The van der Waals surface area contributed by atoms with Gasteiger partial charge in [0.1, 0.15) is 16.8 Å². The molecule has 0 radical (unpaired) electrons. The van der Waals surface area contributed by atoms with Crippen LogP contribution in [0.15, 0.2) is 48.5 Å². The number of rotatable bonds is 5. The molecule has 1 aromatic heterocycles. The van der Waals surface area contributed by atoms with Crippen LogP contribution in [-0.4, -0.2) is 46.7 Å². The van der Waals surface area contributed by atoms with Gasteiger partial charge in [-0.1, -0.05) is 29.5 Å². The summed E-state index contributed by atoms with van der Waals surface area (Å²) in [6, 6.07) is 14.2. The molecule has 1 unspecified atom stereocenters. The summed E-state index contributed by atoms with van der Waals surface area (Å²) in [7, 11) is 1.61. The standard InChI is InChI=1S/C22H23N5O3S/c1-14-6-3-4-7-17(14)23-22(29)27-13-5-8-18(27)19(28)24-21-26-25-20(31-21)15-9-11-16(30-2)12-10-15/h3-4,6-7,9-12,18H,5,8,13H2,1-2H3,(H,23,29)(H,24,26,28). The van der Waals surface area contributed by atoms with Crippen molar-refractivity contribution in [1.29, 1.82) is 0 Å². The maximum Gasteiger partial charge on any atom is 0.322 e. The third kappa shape index (κ3) is 4.66. The number of anilines is 2. The molecule has 1 saturated heterocycles. The van der Waals surface area contributed by atoms with Crippen LogP contribution in [-0.2, 0) is 4.79 Å². The number of likely N-dealkylation sites (tertiary alicyclic amines) is 1. The minimum atomic E-state index is -0.544. The van der Waals surface area contributed by atoms with Gasteiger partial charge in [0.05, 0.1) is 7.11 Å². The van der Waals surface area contributed by atoms with Crippen molar-refractivity contribution in [3.05, 3.63) is 54.1 Å². The largest absolute Gasteiger partial charge is 0.497 e. The summed E-state index contributed by atoms with van der Waals surface area (Å²) in [5.41, 5.74) is 2.60. The Morgan fingerprint density at radius 1 is 1.10 bits per heavy atom. The van der Waals surface area contributed by atoms with E-state index in [9.17, 15) is 9.59 Å². The van der Waals surface area contributed by atoms with Gasteiger partial charge in [-0.2, -0.15) is 0 Å². The number of ether oxygens (including phenoxy) is 1. The fraction of sp³-hybridized carbons (Fsp3) is 0.273. The first-order chi connectivity index (χ1) is 15.0. The van der Waals surface area contributed by atoms with Crippen LogP contribution < -0.4 is 15.4 Å². The topological polar surface area (TPSA) is 96.5 Å². The first kappa shape index (κ1) is 20.8. The number of methoxy groups -OCH3 is 1. The summed E-state index contributed by atoms with van der Waals surface area (Å²) in [4.78, 5) is 27.2. The van der Waals surface area contributed by atoms with Crippen LogP contribution in [0.5, 0.6) is 5.75 Å². The highest BCUT2D eigenvalue weighted by atomic mass is 32.1. The monoisotopic (exact) mass is 437 g/mol. The smallest absolute Gasteiger partial charge is 0.322 e. The molecule has 9 heteroatoms. The van der Waals surface area contributed by atoms with E-state index in [1.165, 1.54) is 11.3 Å². The highest BCUT2D eigenvalue weighted by Gasteiger charge is 2.34. The normalized spacial score (nSPS) is 15.5. The van der Waals surface area contributed by atoms with Gasteiger partial charge < -0.3 is 15.0 Å². The molecule has 1 aliphatic rings. The zero-order valence-corrected chi connectivity index (χ0v) is 18.1. The van der Waals surface area contributed by atoms with Gasteiger partial charge in [0.15, 0.2) is 0 Å². The number of hydrogen-bond acceptors (Lipinski definition) is 6. The Balaban J connectivity index is 1.41. The average molecular weight is 438 g/mol. The van der Waals surface area contributed by atoms with Gasteiger partial charge in [0, 0.05) is 17.8 Å². The van der Waals surface area contributed by atoms with E-state index in [0.717, 1.165) is 29.0 Å². The Hall–Kier alpha value is -3.46. The number of amides is 3. The number of hydrogen-bond donors (Lipinski definition) is 2. The molecule has 0 aliphatic carbocycles. The molecular weight excluding hydrogens is 414 g/mol. The Kier molecular flexibility index (Phi) is 6.13. The van der Waals surface area contributed by atoms with Crippen LogP contribution in [0.4, 0.5) is 15.6 Å². The lowest BCUT2D eigenvalue weighted by Gasteiger charge is -2.24. The fourth-order valence-corrected chi connectivity index (χ4v) is 4.25. The summed E-state index contributed by atoms with van der Waals surface area (Å²) in [5, 5.41) is 15.1. The Morgan fingerprint density at radius 2 is 1.87 bits per heavy atom. The van der Waals surface area contributed by atoms with Gasteiger partial charge in [0.25, 0.3) is 0 Å². The van der Waals surface area contributed by atoms with Crippen LogP contribution in [0.2, 0.25) is 0 Å². The molecule has 0 bridgehead atoms. The summed E-state index contributed by atoms with van der Waals surface area (Å²) < 4.78 is 5.17. The summed E-state index contributed by atoms with van der Waals surface area (Å²) >= 11 is 1.29. The Morgan fingerprint density at radius 3 is 2.61 bits per heavy atom. The number of benzene rings is 2. The lowest BCUT2D eigenvalue weighted by Crippen LogP contribution is -2.45. The molecule has 2 aromatic carbocycles. The van der Waals surface area contributed by atoms with Crippen LogP contribution >= 0.6 is 11.3 Å². The van der Waals surface area contributed by atoms with Crippen molar-refractivity contribution in [2.24, 2.45) is 0 Å². The van der Waals surface area contributed by atoms with Crippen molar-refractivity contribution < 1.29 is 14.3 Å². The Bertz CT molecular complexity index is 1080. The second kappa shape index (κ2) is 9.13. The molecule has 1 atom stereocenters. The van der Waals surface area contributed by atoms with E-state index < -0.39 is 6.04 Å². The van der Waals surface area contributed by atoms with E-state index in [1.807, 2.05) is 55.5 Å². The molecule has 4 rings (SSSR count). The van der Waals surface area contributed by atoms with Crippen molar-refractivity contribution in [3.63, 3.8) is 0 Å². The van der Waals surface area contributed by atoms with E-state index in [4.69, 9.17) is 4.74 Å². The zero-order valence-electron chi connectivity index (χ0n) is 17.3. The van der Waals surface area contributed by atoms with Crippen LogP contribution in [0.1, 0.15) is 18.4 Å². The summed E-state index contributed by atoms with van der Waals surface area (Å²) in [6.07, 6.45) is 1.38. The van der Waals surface area contributed by atoms with Gasteiger partial charge in [-0.15, -0.1) is 10.2 Å². The predicted octanol–water partition coefficient (Wildman–Crippen LogP) is 4.16. The van der Waals surface area contributed by atoms with Crippen molar-refractivity contribution in [1.82, 2.24) is 15.1 Å². The van der Waals surface area contributed by atoms with Crippen molar-refractivity contribution in [3.8, 4) is 16.3 Å². The Labute approximate surface area is 184 Å². The lowest BCUT2D eigenvalue weighted by atomic mass is 10.2. The third-order valence-corrected chi connectivity index (χ3v) is 6.08. The van der Waals surface area contributed by atoms with E-state index in [0.29, 0.717) is 23.1 Å². The molecule has 3 amide bonds. The molecule has 8 nitrogen and oxygen atoms in total. The number of nitrogens with one attached hydrogen (secondary N) is 2. The quantitative estimate of drug-likeness (QED) is 0.625. The van der Waals surface area contributed by atoms with E-state index in [-0.39, 0.29) is 11.9 Å². The molecule has 2 N–H and O–H groups in total. The molecule has 31 heavy (non-hydrogen) atoms. The van der Waals surface area contributed by atoms with Crippen LogP contribution in [0.25, 0.3) is 10.6 Å². The van der Waals surface area contributed by atoms with Gasteiger partial charge in [-0.3, -0.25) is 10.1 Å². The number of nitrogens with zero attached hydrogens (tertiary/aromatic N) is 3. The maximum atomic E-state index is 12.9. The van der Waals surface area contributed by atoms with Crippen molar-refractivity contribution in [2.45, 2.75) is 25.8 Å².